The smallest absolute Gasteiger partial charge is 0.416 e. The first-order valence-corrected chi connectivity index (χ1v) is 8.57. The van der Waals surface area contributed by atoms with Crippen LogP contribution in [-0.2, 0) is 12.6 Å². The van der Waals surface area contributed by atoms with Crippen molar-refractivity contribution in [1.82, 2.24) is 4.98 Å². The Morgan fingerprint density at radius 1 is 1.33 bits per heavy atom. The first-order chi connectivity index (χ1) is 12.8. The Balaban J connectivity index is 1.78. The summed E-state index contributed by atoms with van der Waals surface area (Å²) in [6.07, 6.45) is -3.24. The van der Waals surface area contributed by atoms with Crippen LogP contribution < -0.4 is 5.32 Å². The Morgan fingerprint density at radius 2 is 2.11 bits per heavy atom. The molecule has 0 saturated heterocycles. The number of nitriles is 1. The number of aromatic nitrogens is 1. The predicted octanol–water partition coefficient (Wildman–Crippen LogP) is 5.12. The number of halogens is 4. The minimum absolute atomic E-state index is 0.0109. The third kappa shape index (κ3) is 4.48. The zero-order valence-corrected chi connectivity index (χ0v) is 14.9. The topological polar surface area (TPSA) is 78.9 Å². The van der Waals surface area contributed by atoms with E-state index in [4.69, 9.17) is 21.3 Å². The van der Waals surface area contributed by atoms with Crippen molar-refractivity contribution in [2.45, 2.75) is 12.6 Å². The van der Waals surface area contributed by atoms with Crippen LogP contribution in [0, 0.1) is 11.3 Å². The van der Waals surface area contributed by atoms with Gasteiger partial charge in [0.2, 0.25) is 0 Å². The molecule has 0 spiro atoms. The summed E-state index contributed by atoms with van der Waals surface area (Å²) in [6.45, 7) is 0. The molecule has 3 aromatic rings. The summed E-state index contributed by atoms with van der Waals surface area (Å²) in [6, 6.07) is 7.91. The standard InChI is InChI=1S/C17H9ClF3N3O2S/c18-14-4-3-13(26-14)15(25)24-16-23-8-11(27-16)6-10-2-1-9(7-22)5-12(10)17(19,20)21/h1-5,8H,6H2,(H,23,24,25). The maximum absolute atomic E-state index is 13.2. The molecular formula is C17H9ClF3N3O2S. The summed E-state index contributed by atoms with van der Waals surface area (Å²) in [7, 11) is 0. The second-order valence-electron chi connectivity index (χ2n) is 5.35. The number of nitrogens with one attached hydrogen (secondary N) is 1. The average molecular weight is 412 g/mol. The van der Waals surface area contributed by atoms with Gasteiger partial charge < -0.3 is 4.42 Å². The van der Waals surface area contributed by atoms with Crippen molar-refractivity contribution in [3.05, 3.63) is 69.1 Å². The lowest BCUT2D eigenvalue weighted by Crippen LogP contribution is -2.10. The lowest BCUT2D eigenvalue weighted by atomic mass is 10.0. The van der Waals surface area contributed by atoms with Gasteiger partial charge >= 0.3 is 6.18 Å². The number of carbonyl (C=O) groups is 1. The van der Waals surface area contributed by atoms with E-state index in [1.165, 1.54) is 30.5 Å². The molecule has 2 aromatic heterocycles. The number of furan rings is 1. The molecule has 0 atom stereocenters. The van der Waals surface area contributed by atoms with Crippen LogP contribution in [0.1, 0.15) is 32.1 Å². The number of rotatable bonds is 4. The Bertz CT molecular complexity index is 1040. The van der Waals surface area contributed by atoms with Gasteiger partial charge in [0.25, 0.3) is 5.91 Å². The number of carbonyl (C=O) groups excluding carboxylic acids is 1. The number of nitrogens with zero attached hydrogens (tertiary/aromatic N) is 2. The third-order valence-electron chi connectivity index (χ3n) is 3.48. The molecule has 0 saturated carbocycles. The molecule has 0 aliphatic carbocycles. The second kappa shape index (κ2) is 7.42. The number of anilines is 1. The number of benzene rings is 1. The van der Waals surface area contributed by atoms with Crippen LogP contribution in [0.25, 0.3) is 0 Å². The van der Waals surface area contributed by atoms with E-state index in [1.54, 1.807) is 6.07 Å². The van der Waals surface area contributed by atoms with Gasteiger partial charge in [-0.15, -0.1) is 11.3 Å². The molecule has 0 bridgehead atoms. The average Bonchev–Trinajstić information content (AvgIpc) is 3.23. The maximum atomic E-state index is 13.2. The molecule has 5 nitrogen and oxygen atoms in total. The molecule has 138 valence electrons. The second-order valence-corrected chi connectivity index (χ2v) is 6.84. The van der Waals surface area contributed by atoms with E-state index in [-0.39, 0.29) is 33.7 Å². The third-order valence-corrected chi connectivity index (χ3v) is 4.60. The van der Waals surface area contributed by atoms with Gasteiger partial charge in [0, 0.05) is 17.5 Å². The molecule has 1 aromatic carbocycles. The molecule has 0 aliphatic rings. The van der Waals surface area contributed by atoms with Crippen molar-refractivity contribution in [2.75, 3.05) is 5.32 Å². The van der Waals surface area contributed by atoms with E-state index in [2.05, 4.69) is 10.3 Å². The number of hydrogen-bond donors (Lipinski definition) is 1. The van der Waals surface area contributed by atoms with Crippen LogP contribution in [0.5, 0.6) is 0 Å². The van der Waals surface area contributed by atoms with Crippen molar-refractivity contribution in [3.8, 4) is 6.07 Å². The Labute approximate surface area is 160 Å². The van der Waals surface area contributed by atoms with Gasteiger partial charge in [-0.3, -0.25) is 10.1 Å². The lowest BCUT2D eigenvalue weighted by Gasteiger charge is -2.12. The minimum atomic E-state index is -4.58. The summed E-state index contributed by atoms with van der Waals surface area (Å²) >= 11 is 6.64. The molecule has 2 heterocycles. The highest BCUT2D eigenvalue weighted by atomic mass is 35.5. The van der Waals surface area contributed by atoms with E-state index in [0.717, 1.165) is 17.4 Å². The highest BCUT2D eigenvalue weighted by Gasteiger charge is 2.33. The molecule has 27 heavy (non-hydrogen) atoms. The molecule has 3 rings (SSSR count). The number of alkyl halides is 3. The zero-order valence-electron chi connectivity index (χ0n) is 13.3. The molecule has 0 aliphatic heterocycles. The Hall–Kier alpha value is -2.83. The summed E-state index contributed by atoms with van der Waals surface area (Å²) in [5, 5.41) is 11.6. The van der Waals surface area contributed by atoms with Crippen molar-refractivity contribution in [1.29, 1.82) is 5.26 Å². The minimum Gasteiger partial charge on any atom is -0.440 e. The van der Waals surface area contributed by atoms with Crippen molar-refractivity contribution < 1.29 is 22.4 Å². The Kier molecular flexibility index (Phi) is 5.21. The summed E-state index contributed by atoms with van der Waals surface area (Å²) in [5.41, 5.74) is -0.924. The van der Waals surface area contributed by atoms with Gasteiger partial charge in [0.1, 0.15) is 0 Å². The van der Waals surface area contributed by atoms with Crippen molar-refractivity contribution in [2.24, 2.45) is 0 Å². The first kappa shape index (κ1) is 18.9. The normalized spacial score (nSPS) is 11.2. The fraction of sp³-hybridized carbons (Fsp3) is 0.118. The van der Waals surface area contributed by atoms with Crippen LogP contribution in [0.15, 0.2) is 40.9 Å². The van der Waals surface area contributed by atoms with Gasteiger partial charge in [-0.2, -0.15) is 18.4 Å². The quantitative estimate of drug-likeness (QED) is 0.646. The molecule has 0 fully saturated rings. The summed E-state index contributed by atoms with van der Waals surface area (Å²) in [5.74, 6) is -0.583. The van der Waals surface area contributed by atoms with Crippen LogP contribution in [0.4, 0.5) is 18.3 Å². The first-order valence-electron chi connectivity index (χ1n) is 7.38. The van der Waals surface area contributed by atoms with Crippen LogP contribution in [0.3, 0.4) is 0 Å². The maximum Gasteiger partial charge on any atom is 0.416 e. The van der Waals surface area contributed by atoms with Crippen LogP contribution in [-0.4, -0.2) is 10.9 Å². The van der Waals surface area contributed by atoms with E-state index in [0.29, 0.717) is 4.88 Å². The van der Waals surface area contributed by atoms with Gasteiger partial charge in [-0.25, -0.2) is 4.98 Å². The monoisotopic (exact) mass is 411 g/mol. The molecular weight excluding hydrogens is 403 g/mol. The Morgan fingerprint density at radius 3 is 2.74 bits per heavy atom. The highest BCUT2D eigenvalue weighted by Crippen LogP contribution is 2.34. The number of amides is 1. The van der Waals surface area contributed by atoms with Crippen LogP contribution in [0.2, 0.25) is 5.22 Å². The molecule has 1 amide bonds. The van der Waals surface area contributed by atoms with E-state index in [9.17, 15) is 18.0 Å². The zero-order chi connectivity index (χ0) is 19.6. The predicted molar refractivity (Wildman–Crippen MR) is 92.8 cm³/mol. The van der Waals surface area contributed by atoms with Crippen molar-refractivity contribution >= 4 is 34.0 Å². The van der Waals surface area contributed by atoms with E-state index < -0.39 is 17.6 Å². The molecule has 1 N–H and O–H groups in total. The number of hydrogen-bond acceptors (Lipinski definition) is 5. The summed E-state index contributed by atoms with van der Waals surface area (Å²) < 4.78 is 44.7. The fourth-order valence-corrected chi connectivity index (χ4v) is 3.27. The fourth-order valence-electron chi connectivity index (χ4n) is 2.29. The van der Waals surface area contributed by atoms with Gasteiger partial charge in [0.15, 0.2) is 16.1 Å². The highest BCUT2D eigenvalue weighted by molar-refractivity contribution is 7.15. The van der Waals surface area contributed by atoms with Gasteiger partial charge in [0.05, 0.1) is 17.2 Å². The largest absolute Gasteiger partial charge is 0.440 e. The van der Waals surface area contributed by atoms with E-state index >= 15 is 0 Å². The molecule has 0 radical (unpaired) electrons. The SMILES string of the molecule is N#Cc1ccc(Cc2cnc(NC(=O)c3ccc(Cl)o3)s2)c(C(F)(F)F)c1. The molecule has 10 heteroatoms. The summed E-state index contributed by atoms with van der Waals surface area (Å²) in [4.78, 5) is 16.5. The van der Waals surface area contributed by atoms with Crippen molar-refractivity contribution in [3.63, 3.8) is 0 Å². The van der Waals surface area contributed by atoms with Gasteiger partial charge in [-0.05, 0) is 41.4 Å². The number of thiazole rings is 1. The van der Waals surface area contributed by atoms with E-state index in [1.807, 2.05) is 0 Å². The van der Waals surface area contributed by atoms with Gasteiger partial charge in [-0.1, -0.05) is 6.07 Å². The lowest BCUT2D eigenvalue weighted by molar-refractivity contribution is -0.138. The van der Waals surface area contributed by atoms with Crippen LogP contribution >= 0.6 is 22.9 Å². The molecule has 0 unspecified atom stereocenters.